The summed E-state index contributed by atoms with van der Waals surface area (Å²) in [5.41, 5.74) is 12.3. The predicted octanol–water partition coefficient (Wildman–Crippen LogP) is 15.2. The summed E-state index contributed by atoms with van der Waals surface area (Å²) in [5, 5.41) is 0. The molecule has 1 saturated heterocycles. The Labute approximate surface area is 344 Å². The van der Waals surface area contributed by atoms with Crippen molar-refractivity contribution >= 4 is 11.9 Å². The summed E-state index contributed by atoms with van der Waals surface area (Å²) in [6.07, 6.45) is 42.6. The van der Waals surface area contributed by atoms with Crippen molar-refractivity contribution in [3.8, 4) is 0 Å². The van der Waals surface area contributed by atoms with Crippen molar-refractivity contribution in [1.82, 2.24) is 9.80 Å². The molecule has 1 aliphatic rings. The maximum absolute atomic E-state index is 15.3. The third kappa shape index (κ3) is 19.9. The van der Waals surface area contributed by atoms with Crippen LogP contribution in [0.1, 0.15) is 286 Å². The van der Waals surface area contributed by atoms with Crippen LogP contribution in [0.25, 0.3) is 0 Å². The Kier molecular flexibility index (Phi) is 30.0. The summed E-state index contributed by atoms with van der Waals surface area (Å²) in [5.74, 6) is -0.0720. The number of carbonyl (C=O) groups excluding carboxylic acids is 2. The second-order valence-corrected chi connectivity index (χ2v) is 18.4. The molecule has 1 aliphatic heterocycles. The molecule has 1 atom stereocenters. The second kappa shape index (κ2) is 31.8. The number of hydrogen-bond donors (Lipinski definition) is 2. The first-order chi connectivity index (χ1) is 26.6. The first-order valence-corrected chi connectivity index (χ1v) is 24.9. The minimum absolute atomic E-state index is 0.0720. The van der Waals surface area contributed by atoms with Crippen LogP contribution in [-0.4, -0.2) is 38.6 Å². The number of amides is 3. The first kappa shape index (κ1) is 51.9. The van der Waals surface area contributed by atoms with E-state index in [0.29, 0.717) is 19.3 Å². The molecule has 6 heteroatoms. The van der Waals surface area contributed by atoms with E-state index in [9.17, 15) is 0 Å². The van der Waals surface area contributed by atoms with E-state index in [1.807, 2.05) is 4.90 Å². The normalized spacial score (nSPS) is 16.7. The predicted molar refractivity (Wildman–Crippen MR) is 240 cm³/mol. The Bertz CT molecular complexity index is 908. The number of imide groups is 1. The third-order valence-corrected chi connectivity index (χ3v) is 13.1. The summed E-state index contributed by atoms with van der Waals surface area (Å²) >= 11 is 0. The van der Waals surface area contributed by atoms with Crippen LogP contribution < -0.4 is 11.5 Å². The van der Waals surface area contributed by atoms with Crippen molar-refractivity contribution in [2.45, 2.75) is 302 Å². The lowest BCUT2D eigenvalue weighted by Crippen LogP contribution is -2.64. The molecule has 6 nitrogen and oxygen atoms in total. The van der Waals surface area contributed by atoms with Crippen LogP contribution >= 0.6 is 0 Å². The van der Waals surface area contributed by atoms with E-state index in [1.54, 1.807) is 4.90 Å². The summed E-state index contributed by atoms with van der Waals surface area (Å²) in [6.45, 7) is 13.4. The molecule has 4 N–H and O–H groups in total. The minimum atomic E-state index is -0.973. The molecule has 1 fully saturated rings. The SMILES string of the molecule is CCCCCCCCCCCC1(C)C(=O)N(C(N)(CCCCCCCC)CCCCCCCC)C(=O)N1C(N)(CCCCCCCC)CCCCCCCC. The van der Waals surface area contributed by atoms with Gasteiger partial charge in [-0.1, -0.05) is 221 Å². The van der Waals surface area contributed by atoms with Crippen LogP contribution in [0.3, 0.4) is 0 Å². The van der Waals surface area contributed by atoms with Crippen LogP contribution in [-0.2, 0) is 4.79 Å². The van der Waals surface area contributed by atoms with Gasteiger partial charge in [0.05, 0.1) is 5.66 Å². The standard InChI is InChI=1S/C49H98N4O2/c1-7-12-17-22-27-28-29-30-35-40-47(6)45(54)52(48(50,41-36-31-23-18-13-8-2)42-37-32-24-19-14-9-3)46(55)53(47)49(51,43-38-33-25-20-15-10-4)44-39-34-26-21-16-11-5/h7-44,50-51H2,1-6H3. The van der Waals surface area contributed by atoms with E-state index in [2.05, 4.69) is 41.5 Å². The Morgan fingerprint density at radius 2 is 0.655 bits per heavy atom. The van der Waals surface area contributed by atoms with Crippen molar-refractivity contribution < 1.29 is 9.59 Å². The molecule has 1 unspecified atom stereocenters. The Hall–Kier alpha value is -1.14. The monoisotopic (exact) mass is 775 g/mol. The van der Waals surface area contributed by atoms with E-state index in [1.165, 1.54) is 148 Å². The lowest BCUT2D eigenvalue weighted by atomic mass is 9.85. The molecule has 0 aliphatic carbocycles. The second-order valence-electron chi connectivity index (χ2n) is 18.4. The molecule has 1 heterocycles. The van der Waals surface area contributed by atoms with Crippen LogP contribution in [0.15, 0.2) is 0 Å². The average molecular weight is 775 g/mol. The quantitative estimate of drug-likeness (QED) is 0.0479. The average Bonchev–Trinajstić information content (AvgIpc) is 3.37. The zero-order valence-electron chi connectivity index (χ0n) is 38.2. The molecule has 1 rings (SSSR count). The Morgan fingerprint density at radius 1 is 0.400 bits per heavy atom. The number of unbranched alkanes of at least 4 members (excludes halogenated alkanes) is 28. The Balaban J connectivity index is 3.44. The Morgan fingerprint density at radius 3 is 0.964 bits per heavy atom. The molecule has 0 aromatic heterocycles. The largest absolute Gasteiger partial charge is 0.330 e. The topological polar surface area (TPSA) is 92.7 Å². The summed E-state index contributed by atoms with van der Waals surface area (Å²) in [6, 6.07) is -0.192. The van der Waals surface area contributed by atoms with Gasteiger partial charge in [0.2, 0.25) is 0 Å². The number of nitrogens with two attached hydrogens (primary N) is 2. The number of urea groups is 1. The molecular weight excluding hydrogens is 677 g/mol. The number of carbonyl (C=O) groups is 2. The van der Waals surface area contributed by atoms with Gasteiger partial charge in [0.15, 0.2) is 0 Å². The highest BCUT2D eigenvalue weighted by Gasteiger charge is 2.62. The van der Waals surface area contributed by atoms with Crippen molar-refractivity contribution in [1.29, 1.82) is 0 Å². The molecular formula is C49H98N4O2. The highest BCUT2D eigenvalue weighted by atomic mass is 16.2. The highest BCUT2D eigenvalue weighted by molar-refractivity contribution is 6.07. The fourth-order valence-electron chi connectivity index (χ4n) is 9.35. The van der Waals surface area contributed by atoms with Crippen LogP contribution in [0.5, 0.6) is 0 Å². The van der Waals surface area contributed by atoms with Gasteiger partial charge in [-0.25, -0.2) is 9.69 Å². The first-order valence-electron chi connectivity index (χ1n) is 24.9. The van der Waals surface area contributed by atoms with Gasteiger partial charge in [-0.05, 0) is 64.7 Å². The van der Waals surface area contributed by atoms with Gasteiger partial charge in [-0.3, -0.25) is 9.69 Å². The molecule has 0 saturated carbocycles. The number of hydrogen-bond acceptors (Lipinski definition) is 4. The molecule has 0 aromatic rings. The minimum Gasteiger partial charge on any atom is -0.309 e. The molecule has 3 amide bonds. The fraction of sp³-hybridized carbons (Fsp3) is 0.959. The van der Waals surface area contributed by atoms with E-state index < -0.39 is 16.9 Å². The third-order valence-electron chi connectivity index (χ3n) is 13.1. The van der Waals surface area contributed by atoms with Crippen molar-refractivity contribution in [2.24, 2.45) is 11.5 Å². The summed E-state index contributed by atoms with van der Waals surface area (Å²) in [7, 11) is 0. The van der Waals surface area contributed by atoms with Gasteiger partial charge in [0.1, 0.15) is 11.2 Å². The van der Waals surface area contributed by atoms with Crippen molar-refractivity contribution in [3.05, 3.63) is 0 Å². The molecule has 0 bridgehead atoms. The van der Waals surface area contributed by atoms with Crippen molar-refractivity contribution in [3.63, 3.8) is 0 Å². The van der Waals surface area contributed by atoms with E-state index in [0.717, 1.165) is 77.0 Å². The molecule has 0 aromatic carbocycles. The summed E-state index contributed by atoms with van der Waals surface area (Å²) < 4.78 is 0. The smallest absolute Gasteiger partial charge is 0.309 e. The van der Waals surface area contributed by atoms with E-state index >= 15 is 9.59 Å². The highest BCUT2D eigenvalue weighted by Crippen LogP contribution is 2.44. The fourth-order valence-corrected chi connectivity index (χ4v) is 9.35. The van der Waals surface area contributed by atoms with Gasteiger partial charge in [0, 0.05) is 0 Å². The van der Waals surface area contributed by atoms with E-state index in [-0.39, 0.29) is 11.9 Å². The van der Waals surface area contributed by atoms with E-state index in [4.69, 9.17) is 11.5 Å². The van der Waals surface area contributed by atoms with Crippen LogP contribution in [0.4, 0.5) is 4.79 Å². The van der Waals surface area contributed by atoms with Crippen molar-refractivity contribution in [2.75, 3.05) is 0 Å². The zero-order chi connectivity index (χ0) is 40.7. The number of rotatable bonds is 40. The van der Waals surface area contributed by atoms with Gasteiger partial charge in [0.25, 0.3) is 5.91 Å². The molecule has 55 heavy (non-hydrogen) atoms. The maximum Gasteiger partial charge on any atom is 0.330 e. The van der Waals surface area contributed by atoms with Gasteiger partial charge in [-0.15, -0.1) is 0 Å². The zero-order valence-corrected chi connectivity index (χ0v) is 38.2. The lowest BCUT2D eigenvalue weighted by Gasteiger charge is -2.46. The maximum atomic E-state index is 15.3. The molecule has 0 radical (unpaired) electrons. The summed E-state index contributed by atoms with van der Waals surface area (Å²) in [4.78, 5) is 34.0. The number of nitrogens with zero attached hydrogens (tertiary/aromatic N) is 2. The molecule has 326 valence electrons. The van der Waals surface area contributed by atoms with Gasteiger partial charge in [-0.2, -0.15) is 0 Å². The molecule has 0 spiro atoms. The lowest BCUT2D eigenvalue weighted by molar-refractivity contribution is -0.139. The van der Waals surface area contributed by atoms with Crippen LogP contribution in [0, 0.1) is 0 Å². The van der Waals surface area contributed by atoms with Gasteiger partial charge >= 0.3 is 6.03 Å². The van der Waals surface area contributed by atoms with Crippen LogP contribution in [0.2, 0.25) is 0 Å². The van der Waals surface area contributed by atoms with Gasteiger partial charge < -0.3 is 11.5 Å².